The summed E-state index contributed by atoms with van der Waals surface area (Å²) in [4.78, 5) is 25.3. The third-order valence-corrected chi connectivity index (χ3v) is 5.38. The molecule has 22 heavy (non-hydrogen) atoms. The summed E-state index contributed by atoms with van der Waals surface area (Å²) in [5.74, 6) is -1.40. The molecule has 0 atom stereocenters. The molecule has 0 aliphatic heterocycles. The Kier molecular flexibility index (Phi) is 5.23. The number of thiophene rings is 1. The van der Waals surface area contributed by atoms with Crippen LogP contribution in [0.2, 0.25) is 0 Å². The normalized spacial score (nSPS) is 14.3. The van der Waals surface area contributed by atoms with E-state index in [2.05, 4.69) is 10.6 Å². The van der Waals surface area contributed by atoms with E-state index in [1.807, 2.05) is 6.92 Å². The number of rotatable bonds is 5. The van der Waals surface area contributed by atoms with Gasteiger partial charge in [0.2, 0.25) is 5.91 Å². The van der Waals surface area contributed by atoms with Crippen LogP contribution in [-0.2, 0) is 27.5 Å². The summed E-state index contributed by atoms with van der Waals surface area (Å²) in [6, 6.07) is 0. The first kappa shape index (κ1) is 17.0. The fourth-order valence-corrected chi connectivity index (χ4v) is 4.40. The van der Waals surface area contributed by atoms with Gasteiger partial charge in [0, 0.05) is 17.7 Å². The van der Waals surface area contributed by atoms with Crippen molar-refractivity contribution in [2.75, 3.05) is 23.9 Å². The Bertz CT molecular complexity index is 692. The van der Waals surface area contributed by atoms with Crippen molar-refractivity contribution in [2.24, 2.45) is 0 Å². The van der Waals surface area contributed by atoms with E-state index >= 15 is 0 Å². The molecule has 2 amide bonds. The number of hydrogen-bond acceptors (Lipinski definition) is 5. The van der Waals surface area contributed by atoms with E-state index in [1.54, 1.807) is 0 Å². The summed E-state index contributed by atoms with van der Waals surface area (Å²) < 4.78 is 22.4. The third kappa shape index (κ3) is 4.07. The van der Waals surface area contributed by atoms with Crippen molar-refractivity contribution in [1.82, 2.24) is 5.32 Å². The highest BCUT2D eigenvalue weighted by molar-refractivity contribution is 7.91. The minimum absolute atomic E-state index is 0.212. The number of carbonyl (C=O) groups excluding carboxylic acids is 2. The first-order chi connectivity index (χ1) is 10.3. The van der Waals surface area contributed by atoms with Gasteiger partial charge in [0.25, 0.3) is 5.91 Å². The molecule has 0 saturated heterocycles. The number of sulfone groups is 1. The Labute approximate surface area is 134 Å². The van der Waals surface area contributed by atoms with Crippen molar-refractivity contribution in [3.05, 3.63) is 16.0 Å². The zero-order valence-electron chi connectivity index (χ0n) is 12.7. The molecule has 2 rings (SSSR count). The molecular weight excluding hydrogens is 324 g/mol. The monoisotopic (exact) mass is 344 g/mol. The van der Waals surface area contributed by atoms with Crippen molar-refractivity contribution < 1.29 is 18.0 Å². The second kappa shape index (κ2) is 6.78. The van der Waals surface area contributed by atoms with Gasteiger partial charge >= 0.3 is 0 Å². The third-order valence-electron chi connectivity index (χ3n) is 3.38. The average molecular weight is 344 g/mol. The SMILES string of the molecule is CCNC(=O)c1c(NC(=O)CS(C)(=O)=O)sc2c1CCCC2. The molecule has 2 N–H and O–H groups in total. The summed E-state index contributed by atoms with van der Waals surface area (Å²) in [7, 11) is -3.40. The first-order valence-corrected chi connectivity index (χ1v) is 10.1. The lowest BCUT2D eigenvalue weighted by Gasteiger charge is -2.12. The molecule has 0 spiro atoms. The minimum Gasteiger partial charge on any atom is -0.352 e. The molecule has 0 bridgehead atoms. The lowest BCUT2D eigenvalue weighted by molar-refractivity contribution is -0.113. The highest BCUT2D eigenvalue weighted by Crippen LogP contribution is 2.38. The van der Waals surface area contributed by atoms with E-state index in [4.69, 9.17) is 0 Å². The summed E-state index contributed by atoms with van der Waals surface area (Å²) in [5.41, 5.74) is 1.50. The lowest BCUT2D eigenvalue weighted by atomic mass is 9.95. The van der Waals surface area contributed by atoms with Crippen LogP contribution in [0.1, 0.15) is 40.6 Å². The maximum Gasteiger partial charge on any atom is 0.254 e. The molecule has 0 fully saturated rings. The van der Waals surface area contributed by atoms with Gasteiger partial charge < -0.3 is 10.6 Å². The van der Waals surface area contributed by atoms with E-state index in [-0.39, 0.29) is 5.91 Å². The number of hydrogen-bond donors (Lipinski definition) is 2. The number of carbonyl (C=O) groups is 2. The van der Waals surface area contributed by atoms with Gasteiger partial charge in [-0.2, -0.15) is 0 Å². The molecule has 122 valence electrons. The molecule has 0 saturated carbocycles. The molecule has 1 aliphatic rings. The van der Waals surface area contributed by atoms with E-state index in [0.717, 1.165) is 42.4 Å². The molecule has 0 unspecified atom stereocenters. The van der Waals surface area contributed by atoms with E-state index < -0.39 is 21.5 Å². The molecule has 6 nitrogen and oxygen atoms in total. The summed E-state index contributed by atoms with van der Waals surface area (Å²) in [6.07, 6.45) is 4.82. The maximum absolute atomic E-state index is 12.3. The van der Waals surface area contributed by atoms with Crippen LogP contribution in [0.25, 0.3) is 0 Å². The van der Waals surface area contributed by atoms with Gasteiger partial charge in [-0.25, -0.2) is 8.42 Å². The maximum atomic E-state index is 12.3. The second-order valence-electron chi connectivity index (χ2n) is 5.39. The van der Waals surface area contributed by atoms with Crippen LogP contribution in [0.5, 0.6) is 0 Å². The van der Waals surface area contributed by atoms with Crippen LogP contribution < -0.4 is 10.6 Å². The number of nitrogens with one attached hydrogen (secondary N) is 2. The molecule has 0 radical (unpaired) electrons. The topological polar surface area (TPSA) is 92.3 Å². The van der Waals surface area contributed by atoms with Gasteiger partial charge in [-0.15, -0.1) is 11.3 Å². The Hall–Kier alpha value is -1.41. The van der Waals surface area contributed by atoms with Gasteiger partial charge in [0.05, 0.1) is 5.56 Å². The van der Waals surface area contributed by atoms with Crippen molar-refractivity contribution in [2.45, 2.75) is 32.6 Å². The number of aryl methyl sites for hydroxylation is 1. The minimum atomic E-state index is -3.40. The van der Waals surface area contributed by atoms with Crippen LogP contribution >= 0.6 is 11.3 Å². The van der Waals surface area contributed by atoms with E-state index in [0.29, 0.717) is 17.1 Å². The molecule has 1 heterocycles. The van der Waals surface area contributed by atoms with Crippen molar-refractivity contribution in [1.29, 1.82) is 0 Å². The van der Waals surface area contributed by atoms with Gasteiger partial charge in [-0.05, 0) is 38.2 Å². The predicted molar refractivity (Wildman–Crippen MR) is 87.3 cm³/mol. The van der Waals surface area contributed by atoms with Gasteiger partial charge in [0.15, 0.2) is 9.84 Å². The molecule has 1 aromatic rings. The summed E-state index contributed by atoms with van der Waals surface area (Å²) >= 11 is 1.38. The molecule has 1 aromatic heterocycles. The Morgan fingerprint density at radius 3 is 2.55 bits per heavy atom. The predicted octanol–water partition coefficient (Wildman–Crippen LogP) is 1.36. The Morgan fingerprint density at radius 2 is 1.91 bits per heavy atom. The second-order valence-corrected chi connectivity index (χ2v) is 8.64. The zero-order valence-corrected chi connectivity index (χ0v) is 14.3. The fraction of sp³-hybridized carbons (Fsp3) is 0.571. The van der Waals surface area contributed by atoms with E-state index in [1.165, 1.54) is 11.3 Å². The van der Waals surface area contributed by atoms with Gasteiger partial charge in [0.1, 0.15) is 10.8 Å². The van der Waals surface area contributed by atoms with Crippen LogP contribution in [0.15, 0.2) is 0 Å². The van der Waals surface area contributed by atoms with E-state index in [9.17, 15) is 18.0 Å². The Morgan fingerprint density at radius 1 is 1.23 bits per heavy atom. The Balaban J connectivity index is 2.31. The fourth-order valence-electron chi connectivity index (χ4n) is 2.54. The molecule has 0 aromatic carbocycles. The van der Waals surface area contributed by atoms with Crippen LogP contribution in [0.3, 0.4) is 0 Å². The standard InChI is InChI=1S/C14H20N2O4S2/c1-3-15-13(18)12-9-6-4-5-7-10(9)21-14(12)16-11(17)8-22(2,19)20/h3-8H2,1-2H3,(H,15,18)(H,16,17). The lowest BCUT2D eigenvalue weighted by Crippen LogP contribution is -2.27. The van der Waals surface area contributed by atoms with Crippen LogP contribution in [-0.4, -0.2) is 38.8 Å². The highest BCUT2D eigenvalue weighted by Gasteiger charge is 2.26. The van der Waals surface area contributed by atoms with Crippen molar-refractivity contribution >= 4 is 38.0 Å². The first-order valence-electron chi connectivity index (χ1n) is 7.22. The van der Waals surface area contributed by atoms with Crippen LogP contribution in [0.4, 0.5) is 5.00 Å². The number of amides is 2. The average Bonchev–Trinajstić information content (AvgIpc) is 2.74. The van der Waals surface area contributed by atoms with Crippen molar-refractivity contribution in [3.63, 3.8) is 0 Å². The largest absolute Gasteiger partial charge is 0.352 e. The highest BCUT2D eigenvalue weighted by atomic mass is 32.2. The van der Waals surface area contributed by atoms with Gasteiger partial charge in [-0.1, -0.05) is 0 Å². The summed E-state index contributed by atoms with van der Waals surface area (Å²) in [6.45, 7) is 2.33. The zero-order chi connectivity index (χ0) is 16.3. The quantitative estimate of drug-likeness (QED) is 0.843. The smallest absolute Gasteiger partial charge is 0.254 e. The number of fused-ring (bicyclic) bond motifs is 1. The molecular formula is C14H20N2O4S2. The summed E-state index contributed by atoms with van der Waals surface area (Å²) in [5, 5.41) is 5.83. The van der Waals surface area contributed by atoms with Crippen LogP contribution in [0, 0.1) is 0 Å². The molecule has 1 aliphatic carbocycles. The number of anilines is 1. The van der Waals surface area contributed by atoms with Crippen molar-refractivity contribution in [3.8, 4) is 0 Å². The molecule has 8 heteroatoms. The van der Waals surface area contributed by atoms with Gasteiger partial charge in [-0.3, -0.25) is 9.59 Å².